The van der Waals surface area contributed by atoms with Crippen molar-refractivity contribution in [2.45, 2.75) is 6.42 Å². The van der Waals surface area contributed by atoms with Crippen LogP contribution in [-0.4, -0.2) is 28.1 Å². The predicted octanol–water partition coefficient (Wildman–Crippen LogP) is 6.55. The van der Waals surface area contributed by atoms with Crippen molar-refractivity contribution < 1.29 is 9.13 Å². The molecule has 0 amide bonds. The van der Waals surface area contributed by atoms with Crippen LogP contribution in [0.15, 0.2) is 85.3 Å². The minimum absolute atomic E-state index is 0.320. The topological polar surface area (TPSA) is 73.9 Å². The lowest BCUT2D eigenvalue weighted by Crippen LogP contribution is -2.05. The van der Waals surface area contributed by atoms with Gasteiger partial charge in [-0.1, -0.05) is 23.7 Å². The summed E-state index contributed by atoms with van der Waals surface area (Å²) in [5.41, 5.74) is 10.5. The number of nitrogens with two attached hydrogens (primary N) is 1. The van der Waals surface area contributed by atoms with Crippen LogP contribution in [0.4, 0.5) is 4.39 Å². The van der Waals surface area contributed by atoms with Gasteiger partial charge < -0.3 is 10.5 Å². The number of aromatic nitrogens is 3. The van der Waals surface area contributed by atoms with E-state index >= 15 is 0 Å². The molecule has 0 bridgehead atoms. The molecule has 0 radical (unpaired) electrons. The first-order chi connectivity index (χ1) is 17.1. The van der Waals surface area contributed by atoms with Crippen molar-refractivity contribution in [1.29, 1.82) is 0 Å². The second-order valence-electron chi connectivity index (χ2n) is 8.03. The molecule has 0 saturated heterocycles. The summed E-state index contributed by atoms with van der Waals surface area (Å²) in [4.78, 5) is 13.5. The molecule has 2 aromatic carbocycles. The van der Waals surface area contributed by atoms with Gasteiger partial charge in [0.2, 0.25) is 0 Å². The lowest BCUT2D eigenvalue weighted by molar-refractivity contribution is 0.313. The molecule has 174 valence electrons. The third-order valence-corrected chi connectivity index (χ3v) is 5.88. The Bertz CT molecular complexity index is 1490. The fourth-order valence-corrected chi connectivity index (χ4v) is 4.06. The molecule has 2 N–H and O–H groups in total. The van der Waals surface area contributed by atoms with Crippen LogP contribution in [0.3, 0.4) is 0 Å². The molecule has 5 nitrogen and oxygen atoms in total. The van der Waals surface area contributed by atoms with Gasteiger partial charge >= 0.3 is 0 Å². The highest BCUT2D eigenvalue weighted by atomic mass is 35.5. The van der Waals surface area contributed by atoms with E-state index in [1.807, 2.05) is 48.7 Å². The van der Waals surface area contributed by atoms with Gasteiger partial charge in [-0.3, -0.25) is 4.98 Å². The van der Waals surface area contributed by atoms with E-state index in [0.29, 0.717) is 35.1 Å². The van der Waals surface area contributed by atoms with Crippen LogP contribution in [-0.2, 0) is 0 Å². The maximum Gasteiger partial charge on any atom is 0.160 e. The van der Waals surface area contributed by atoms with E-state index in [4.69, 9.17) is 22.1 Å². The van der Waals surface area contributed by atoms with Crippen molar-refractivity contribution in [2.24, 2.45) is 5.73 Å². The minimum Gasteiger partial charge on any atom is -0.494 e. The molecule has 0 aliphatic rings. The molecule has 0 aliphatic heterocycles. The average Bonchev–Trinajstić information content (AvgIpc) is 2.90. The molecule has 0 atom stereocenters. The number of halogens is 2. The summed E-state index contributed by atoms with van der Waals surface area (Å²) >= 11 is 6.14. The van der Waals surface area contributed by atoms with Crippen molar-refractivity contribution in [3.63, 3.8) is 0 Å². The highest BCUT2D eigenvalue weighted by Gasteiger charge is 2.14. The Kier molecular flexibility index (Phi) is 6.66. The third kappa shape index (κ3) is 4.99. The molecular weight excluding hydrogens is 463 g/mol. The van der Waals surface area contributed by atoms with Crippen molar-refractivity contribution >= 4 is 22.6 Å². The Balaban J connectivity index is 1.57. The molecule has 35 heavy (non-hydrogen) atoms. The zero-order chi connectivity index (χ0) is 24.2. The van der Waals surface area contributed by atoms with Crippen LogP contribution in [0.2, 0.25) is 5.02 Å². The maximum absolute atomic E-state index is 14.7. The Hall–Kier alpha value is -3.87. The van der Waals surface area contributed by atoms with Gasteiger partial charge in [0.25, 0.3) is 0 Å². The number of rotatable bonds is 7. The Labute approximate surface area is 207 Å². The van der Waals surface area contributed by atoms with E-state index < -0.39 is 5.82 Å². The molecular formula is C28H22ClFN4O. The van der Waals surface area contributed by atoms with Crippen molar-refractivity contribution in [2.75, 3.05) is 13.2 Å². The van der Waals surface area contributed by atoms with Gasteiger partial charge in [0, 0.05) is 45.7 Å². The fourth-order valence-electron chi connectivity index (χ4n) is 3.89. The Morgan fingerprint density at radius 2 is 1.71 bits per heavy atom. The zero-order valence-electron chi connectivity index (χ0n) is 18.8. The summed E-state index contributed by atoms with van der Waals surface area (Å²) in [7, 11) is 0. The van der Waals surface area contributed by atoms with Crippen LogP contribution in [0.1, 0.15) is 6.42 Å². The van der Waals surface area contributed by atoms with Crippen LogP contribution in [0.5, 0.6) is 5.75 Å². The van der Waals surface area contributed by atoms with Gasteiger partial charge in [0.15, 0.2) is 5.65 Å². The first-order valence-electron chi connectivity index (χ1n) is 11.2. The second kappa shape index (κ2) is 10.2. The molecule has 0 saturated carbocycles. The van der Waals surface area contributed by atoms with E-state index in [1.54, 1.807) is 18.5 Å². The summed E-state index contributed by atoms with van der Waals surface area (Å²) in [6.07, 6.45) is 6.08. The Morgan fingerprint density at radius 1 is 0.886 bits per heavy atom. The number of hydrogen-bond donors (Lipinski definition) is 1. The van der Waals surface area contributed by atoms with E-state index in [2.05, 4.69) is 21.0 Å². The number of ether oxygens (including phenoxy) is 1. The Morgan fingerprint density at radius 3 is 2.54 bits per heavy atom. The molecule has 5 rings (SSSR count). The average molecular weight is 485 g/mol. The van der Waals surface area contributed by atoms with Crippen LogP contribution >= 0.6 is 11.6 Å². The molecule has 5 aromatic rings. The number of hydrogen-bond acceptors (Lipinski definition) is 5. The van der Waals surface area contributed by atoms with Gasteiger partial charge in [0.1, 0.15) is 11.6 Å². The molecule has 3 aromatic heterocycles. The summed E-state index contributed by atoms with van der Waals surface area (Å²) < 4.78 is 20.4. The third-order valence-electron chi connectivity index (χ3n) is 5.64. The monoisotopic (exact) mass is 484 g/mol. The fraction of sp³-hybridized carbons (Fsp3) is 0.107. The van der Waals surface area contributed by atoms with Crippen LogP contribution in [0.25, 0.3) is 44.5 Å². The van der Waals surface area contributed by atoms with Crippen LogP contribution < -0.4 is 10.5 Å². The summed E-state index contributed by atoms with van der Waals surface area (Å²) in [5, 5.41) is 1.28. The smallest absolute Gasteiger partial charge is 0.160 e. The van der Waals surface area contributed by atoms with Gasteiger partial charge in [-0.15, -0.1) is 0 Å². The summed E-state index contributed by atoms with van der Waals surface area (Å²) in [6.45, 7) is 1.19. The van der Waals surface area contributed by atoms with Gasteiger partial charge in [-0.05, 0) is 78.7 Å². The standard InChI is InChI=1S/C28H22ClFN4O/c29-21-6-9-26(30)25(14-21)27-15-24(23-3-1-11-33-28(23)34-27)20-13-19(16-32-17-20)18-4-7-22(8-5-18)35-12-2-10-31/h1,3-9,11,13-17H,2,10,12,31H2. The largest absolute Gasteiger partial charge is 0.494 e. The highest BCUT2D eigenvalue weighted by molar-refractivity contribution is 6.30. The summed E-state index contributed by atoms with van der Waals surface area (Å²) in [5.74, 6) is 0.398. The van der Waals surface area contributed by atoms with E-state index in [9.17, 15) is 4.39 Å². The molecule has 7 heteroatoms. The number of pyridine rings is 3. The first kappa shape index (κ1) is 22.9. The van der Waals surface area contributed by atoms with E-state index in [1.165, 1.54) is 12.1 Å². The predicted molar refractivity (Wildman–Crippen MR) is 138 cm³/mol. The van der Waals surface area contributed by atoms with Crippen molar-refractivity contribution in [1.82, 2.24) is 15.0 Å². The summed E-state index contributed by atoms with van der Waals surface area (Å²) in [6, 6.07) is 20.0. The SMILES string of the molecule is NCCCOc1ccc(-c2cncc(-c3cc(-c4cc(Cl)ccc4F)nc4ncccc34)c2)cc1. The number of benzene rings is 2. The zero-order valence-corrected chi connectivity index (χ0v) is 19.5. The first-order valence-corrected chi connectivity index (χ1v) is 11.6. The molecule has 3 heterocycles. The van der Waals surface area contributed by atoms with E-state index in [0.717, 1.165) is 39.8 Å². The minimum atomic E-state index is -0.399. The van der Waals surface area contributed by atoms with Crippen LogP contribution in [0, 0.1) is 5.82 Å². The quantitative estimate of drug-likeness (QED) is 0.265. The highest BCUT2D eigenvalue weighted by Crippen LogP contribution is 2.34. The molecule has 0 spiro atoms. The van der Waals surface area contributed by atoms with Gasteiger partial charge in [-0.25, -0.2) is 14.4 Å². The lowest BCUT2D eigenvalue weighted by Gasteiger charge is -2.12. The lowest BCUT2D eigenvalue weighted by atomic mass is 9.98. The number of fused-ring (bicyclic) bond motifs is 1. The van der Waals surface area contributed by atoms with Gasteiger partial charge in [0.05, 0.1) is 12.3 Å². The van der Waals surface area contributed by atoms with Crippen molar-refractivity contribution in [3.8, 4) is 39.3 Å². The van der Waals surface area contributed by atoms with Crippen molar-refractivity contribution in [3.05, 3.63) is 96.2 Å². The number of nitrogens with zero attached hydrogens (tertiary/aromatic N) is 3. The molecule has 0 unspecified atom stereocenters. The van der Waals surface area contributed by atoms with E-state index in [-0.39, 0.29) is 0 Å². The normalized spacial score (nSPS) is 11.1. The molecule has 0 fully saturated rings. The maximum atomic E-state index is 14.7. The molecule has 0 aliphatic carbocycles. The second-order valence-corrected chi connectivity index (χ2v) is 8.47. The van der Waals surface area contributed by atoms with Gasteiger partial charge in [-0.2, -0.15) is 0 Å².